The van der Waals surface area contributed by atoms with Gasteiger partial charge >= 0.3 is 0 Å². The molecule has 0 radical (unpaired) electrons. The maximum absolute atomic E-state index is 8.39. The molecule has 0 saturated carbocycles. The van der Waals surface area contributed by atoms with Crippen molar-refractivity contribution in [3.05, 3.63) is 83.8 Å². The maximum Gasteiger partial charge on any atom is 0.0719 e. The molecule has 3 heteroatoms. The van der Waals surface area contributed by atoms with Crippen molar-refractivity contribution in [3.63, 3.8) is 0 Å². The van der Waals surface area contributed by atoms with E-state index in [2.05, 4.69) is 64.6 Å². The first-order chi connectivity index (χ1) is 14.8. The molecule has 2 nitrogen and oxygen atoms in total. The van der Waals surface area contributed by atoms with Crippen LogP contribution in [0.3, 0.4) is 0 Å². The van der Waals surface area contributed by atoms with Crippen LogP contribution in [0, 0.1) is 13.8 Å². The zero-order chi connectivity index (χ0) is 21.8. The van der Waals surface area contributed by atoms with E-state index in [-0.39, 0.29) is 0 Å². The number of thiophene rings is 1. The second kappa shape index (κ2) is 7.33. The van der Waals surface area contributed by atoms with E-state index in [1.165, 1.54) is 31.3 Å². The molecule has 0 aliphatic rings. The number of aromatic nitrogens is 2. The van der Waals surface area contributed by atoms with Crippen molar-refractivity contribution in [2.24, 2.45) is 0 Å². The molecule has 2 aromatic carbocycles. The number of rotatable bonds is 3. The van der Waals surface area contributed by atoms with Gasteiger partial charge in [-0.3, -0.25) is 9.97 Å². The van der Waals surface area contributed by atoms with Gasteiger partial charge in [-0.2, -0.15) is 0 Å². The van der Waals surface area contributed by atoms with Crippen LogP contribution in [-0.2, 0) is 0 Å². The minimum Gasteiger partial charge on any atom is -0.258 e. The quantitative estimate of drug-likeness (QED) is 0.302. The molecule has 0 N–H and O–H groups in total. The fourth-order valence-corrected chi connectivity index (χ4v) is 5.33. The van der Waals surface area contributed by atoms with Gasteiger partial charge in [0, 0.05) is 44.7 Å². The van der Waals surface area contributed by atoms with E-state index in [9.17, 15) is 0 Å². The molecule has 0 unspecified atom stereocenters. The minimum absolute atomic E-state index is 0.651. The Bertz CT molecular complexity index is 1420. The average molecular weight is 410 g/mol. The Kier molecular flexibility index (Phi) is 4.35. The van der Waals surface area contributed by atoms with Crippen LogP contribution < -0.4 is 0 Å². The Labute approximate surface area is 182 Å². The standard InChI is InChI=1S/C27H24N2S/c1-16(2)19-10-11-28-25(14-19)24-7-5-6-23-22-9-8-20(15-26(22)30-27(23)24)21-12-17(3)29-18(4)13-21/h5-16H,1-4H3/i16D. The summed E-state index contributed by atoms with van der Waals surface area (Å²) in [5, 5.41) is 2.52. The number of fused-ring (bicyclic) bond motifs is 3. The van der Waals surface area contributed by atoms with Crippen LogP contribution in [0.15, 0.2) is 66.9 Å². The van der Waals surface area contributed by atoms with Crippen molar-refractivity contribution >= 4 is 31.5 Å². The molecule has 0 atom stereocenters. The first-order valence-electron chi connectivity index (χ1n) is 10.7. The van der Waals surface area contributed by atoms with Gasteiger partial charge < -0.3 is 0 Å². The van der Waals surface area contributed by atoms with Gasteiger partial charge in [-0.15, -0.1) is 11.3 Å². The van der Waals surface area contributed by atoms with Gasteiger partial charge in [-0.1, -0.05) is 44.2 Å². The van der Waals surface area contributed by atoms with Crippen LogP contribution in [0.1, 0.15) is 38.1 Å². The highest BCUT2D eigenvalue weighted by molar-refractivity contribution is 7.26. The molecule has 0 amide bonds. The smallest absolute Gasteiger partial charge is 0.0719 e. The van der Waals surface area contributed by atoms with Crippen molar-refractivity contribution in [1.82, 2.24) is 9.97 Å². The molecule has 5 aromatic rings. The summed E-state index contributed by atoms with van der Waals surface area (Å²) < 4.78 is 10.9. The summed E-state index contributed by atoms with van der Waals surface area (Å²) in [7, 11) is 0. The highest BCUT2D eigenvalue weighted by Gasteiger charge is 2.13. The summed E-state index contributed by atoms with van der Waals surface area (Å²) in [5.74, 6) is -0.651. The predicted molar refractivity (Wildman–Crippen MR) is 129 cm³/mol. The average Bonchev–Trinajstić information content (AvgIpc) is 3.10. The lowest BCUT2D eigenvalue weighted by molar-refractivity contribution is 0.864. The Morgan fingerprint density at radius 2 is 1.67 bits per heavy atom. The predicted octanol–water partition coefficient (Wildman–Crippen LogP) is 7.92. The molecule has 0 bridgehead atoms. The van der Waals surface area contributed by atoms with Gasteiger partial charge in [0.25, 0.3) is 0 Å². The van der Waals surface area contributed by atoms with Gasteiger partial charge in [-0.25, -0.2) is 0 Å². The van der Waals surface area contributed by atoms with Gasteiger partial charge in [-0.05, 0) is 66.8 Å². The van der Waals surface area contributed by atoms with E-state index >= 15 is 0 Å². The summed E-state index contributed by atoms with van der Waals surface area (Å²) >= 11 is 1.81. The Balaban J connectivity index is 1.69. The topological polar surface area (TPSA) is 25.8 Å². The maximum atomic E-state index is 8.39. The summed E-state index contributed by atoms with van der Waals surface area (Å²) in [5.41, 5.74) is 7.52. The number of hydrogen-bond acceptors (Lipinski definition) is 3. The third-order valence-electron chi connectivity index (χ3n) is 5.53. The normalized spacial score (nSPS) is 12.5. The molecule has 30 heavy (non-hydrogen) atoms. The van der Waals surface area contributed by atoms with Crippen LogP contribution in [0.2, 0.25) is 0 Å². The van der Waals surface area contributed by atoms with Gasteiger partial charge in [0.05, 0.1) is 5.69 Å². The largest absolute Gasteiger partial charge is 0.258 e. The summed E-state index contributed by atoms with van der Waals surface area (Å²) in [4.78, 5) is 9.15. The van der Waals surface area contributed by atoms with Crippen molar-refractivity contribution in [2.45, 2.75) is 33.6 Å². The molecule has 148 valence electrons. The lowest BCUT2D eigenvalue weighted by Crippen LogP contribution is -1.90. The van der Waals surface area contributed by atoms with Crippen molar-refractivity contribution in [1.29, 1.82) is 0 Å². The molecule has 3 aromatic heterocycles. The Morgan fingerprint density at radius 3 is 2.43 bits per heavy atom. The fourth-order valence-electron chi connectivity index (χ4n) is 4.07. The summed E-state index contributed by atoms with van der Waals surface area (Å²) in [6.45, 7) is 7.91. The highest BCUT2D eigenvalue weighted by Crippen LogP contribution is 2.41. The second-order valence-corrected chi connectivity index (χ2v) is 9.12. The third kappa shape index (κ3) is 3.29. The third-order valence-corrected chi connectivity index (χ3v) is 6.73. The van der Waals surface area contributed by atoms with Crippen molar-refractivity contribution in [3.8, 4) is 22.4 Å². The molecule has 0 aliphatic carbocycles. The van der Waals surface area contributed by atoms with Crippen LogP contribution in [0.25, 0.3) is 42.6 Å². The number of pyridine rings is 2. The second-order valence-electron chi connectivity index (χ2n) is 8.06. The summed E-state index contributed by atoms with van der Waals surface area (Å²) in [6, 6.07) is 21.4. The van der Waals surface area contributed by atoms with E-state index in [1.807, 2.05) is 51.3 Å². The Morgan fingerprint density at radius 1 is 0.867 bits per heavy atom. The number of benzene rings is 2. The molecule has 0 fully saturated rings. The highest BCUT2D eigenvalue weighted by atomic mass is 32.1. The van der Waals surface area contributed by atoms with Crippen LogP contribution in [0.5, 0.6) is 0 Å². The monoisotopic (exact) mass is 409 g/mol. The van der Waals surface area contributed by atoms with Crippen molar-refractivity contribution < 1.29 is 1.37 Å². The van der Waals surface area contributed by atoms with E-state index in [0.717, 1.165) is 28.2 Å². The number of aryl methyl sites for hydroxylation is 2. The SMILES string of the molecule is [2H]C(C)(C)c1ccnc(-c2cccc3c2sc2cc(-c4cc(C)nc(C)c4)ccc23)c1. The van der Waals surface area contributed by atoms with E-state index in [4.69, 9.17) is 1.37 Å². The first-order valence-corrected chi connectivity index (χ1v) is 11.0. The number of hydrogen-bond donors (Lipinski definition) is 0. The molecule has 5 rings (SSSR count). The molecule has 3 heterocycles. The molecule has 0 spiro atoms. The lowest BCUT2D eigenvalue weighted by Gasteiger charge is -2.08. The van der Waals surface area contributed by atoms with E-state index in [0.29, 0.717) is 0 Å². The zero-order valence-electron chi connectivity index (χ0n) is 18.7. The molecular formula is C27H24N2S. The minimum atomic E-state index is -0.651. The molecular weight excluding hydrogens is 384 g/mol. The van der Waals surface area contributed by atoms with Gasteiger partial charge in [0.2, 0.25) is 0 Å². The first kappa shape index (κ1) is 17.8. The molecule has 0 saturated heterocycles. The van der Waals surface area contributed by atoms with Crippen LogP contribution in [0.4, 0.5) is 0 Å². The van der Waals surface area contributed by atoms with Gasteiger partial charge in [0.1, 0.15) is 0 Å². The number of nitrogens with zero attached hydrogens (tertiary/aromatic N) is 2. The van der Waals surface area contributed by atoms with Crippen LogP contribution in [-0.4, -0.2) is 9.97 Å². The molecule has 0 aliphatic heterocycles. The van der Waals surface area contributed by atoms with Gasteiger partial charge in [0.15, 0.2) is 0 Å². The van der Waals surface area contributed by atoms with E-state index < -0.39 is 5.89 Å². The zero-order valence-corrected chi connectivity index (χ0v) is 18.5. The Hall–Kier alpha value is -3.04. The van der Waals surface area contributed by atoms with Crippen LogP contribution >= 0.6 is 11.3 Å². The fraction of sp³-hybridized carbons (Fsp3) is 0.185. The van der Waals surface area contributed by atoms with E-state index in [1.54, 1.807) is 0 Å². The van der Waals surface area contributed by atoms with Crippen molar-refractivity contribution in [2.75, 3.05) is 0 Å². The summed E-state index contributed by atoms with van der Waals surface area (Å²) in [6.07, 6.45) is 1.82. The lowest BCUT2D eigenvalue weighted by atomic mass is 10.00.